The number of rotatable bonds is 5. The second kappa shape index (κ2) is 10.3. The summed E-state index contributed by atoms with van der Waals surface area (Å²) in [5.74, 6) is 0. The first-order valence-corrected chi connectivity index (χ1v) is 13.6. The summed E-state index contributed by atoms with van der Waals surface area (Å²) in [5, 5.41) is 0.495. The van der Waals surface area contributed by atoms with Gasteiger partial charge in [0.15, 0.2) is 0 Å². The molecular weight excluding hydrogens is 450 g/mol. The van der Waals surface area contributed by atoms with Crippen molar-refractivity contribution in [2.45, 2.75) is 74.9 Å². The molecule has 7 nitrogen and oxygen atoms in total. The third-order valence-electron chi connectivity index (χ3n) is 7.07. The van der Waals surface area contributed by atoms with Crippen LogP contribution in [0.4, 0.5) is 4.79 Å². The zero-order chi connectivity index (χ0) is 22.7. The zero-order valence-corrected chi connectivity index (χ0v) is 20.4. The minimum atomic E-state index is -3.70. The smallest absolute Gasteiger partial charge is 0.409 e. The van der Waals surface area contributed by atoms with Gasteiger partial charge in [0.25, 0.3) is 0 Å². The lowest BCUT2D eigenvalue weighted by Crippen LogP contribution is -2.51. The van der Waals surface area contributed by atoms with Crippen molar-refractivity contribution in [1.29, 1.82) is 0 Å². The maximum Gasteiger partial charge on any atom is 0.409 e. The van der Waals surface area contributed by atoms with Gasteiger partial charge in [0, 0.05) is 30.2 Å². The van der Waals surface area contributed by atoms with E-state index in [2.05, 4.69) is 4.90 Å². The number of hydrogen-bond acceptors (Lipinski definition) is 5. The highest BCUT2D eigenvalue weighted by Gasteiger charge is 2.39. The maximum absolute atomic E-state index is 13.4. The molecule has 1 unspecified atom stereocenters. The lowest BCUT2D eigenvalue weighted by atomic mass is 10.0. The molecule has 3 aliphatic heterocycles. The van der Waals surface area contributed by atoms with E-state index in [-0.39, 0.29) is 29.7 Å². The predicted molar refractivity (Wildman–Crippen MR) is 124 cm³/mol. The van der Waals surface area contributed by atoms with E-state index in [1.807, 2.05) is 6.92 Å². The van der Waals surface area contributed by atoms with Crippen molar-refractivity contribution in [3.8, 4) is 0 Å². The van der Waals surface area contributed by atoms with Crippen LogP contribution in [-0.2, 0) is 14.8 Å². The van der Waals surface area contributed by atoms with Gasteiger partial charge in [-0.2, -0.15) is 4.31 Å². The van der Waals surface area contributed by atoms with Crippen LogP contribution < -0.4 is 0 Å². The molecule has 0 saturated carbocycles. The molecule has 3 fully saturated rings. The Balaban J connectivity index is 1.38. The molecule has 1 amide bonds. The van der Waals surface area contributed by atoms with Gasteiger partial charge >= 0.3 is 6.09 Å². The minimum Gasteiger partial charge on any atom is -0.448 e. The maximum atomic E-state index is 13.4. The van der Waals surface area contributed by atoms with Crippen molar-refractivity contribution in [2.24, 2.45) is 0 Å². The normalized spacial score (nSPS) is 28.1. The molecule has 0 N–H and O–H groups in total. The lowest BCUT2D eigenvalue weighted by Gasteiger charge is -2.39. The molecule has 0 spiro atoms. The summed E-state index contributed by atoms with van der Waals surface area (Å²) in [6.45, 7) is 5.64. The molecule has 3 atom stereocenters. The molecule has 32 heavy (non-hydrogen) atoms. The van der Waals surface area contributed by atoms with Gasteiger partial charge in [-0.1, -0.05) is 24.4 Å². The summed E-state index contributed by atoms with van der Waals surface area (Å²) in [5.41, 5.74) is 0. The molecule has 3 heterocycles. The van der Waals surface area contributed by atoms with Gasteiger partial charge in [-0.3, -0.25) is 4.90 Å². The molecule has 178 valence electrons. The third kappa shape index (κ3) is 5.24. The van der Waals surface area contributed by atoms with Crippen LogP contribution >= 0.6 is 11.6 Å². The van der Waals surface area contributed by atoms with E-state index in [1.54, 1.807) is 17.0 Å². The Labute approximate surface area is 196 Å². The minimum absolute atomic E-state index is 0.0842. The monoisotopic (exact) mass is 483 g/mol. The topological polar surface area (TPSA) is 70.2 Å². The lowest BCUT2D eigenvalue weighted by molar-refractivity contribution is 0.0667. The number of amides is 1. The number of likely N-dealkylation sites (tertiary alicyclic amines) is 2. The Bertz CT molecular complexity index is 889. The van der Waals surface area contributed by atoms with Crippen LogP contribution in [0.1, 0.15) is 51.9 Å². The zero-order valence-electron chi connectivity index (χ0n) is 18.8. The molecule has 0 radical (unpaired) electrons. The fourth-order valence-corrected chi connectivity index (χ4v) is 7.32. The summed E-state index contributed by atoms with van der Waals surface area (Å²) >= 11 is 5.94. The van der Waals surface area contributed by atoms with Crippen molar-refractivity contribution in [1.82, 2.24) is 14.1 Å². The van der Waals surface area contributed by atoms with E-state index >= 15 is 0 Å². The van der Waals surface area contributed by atoms with Gasteiger partial charge < -0.3 is 9.64 Å². The van der Waals surface area contributed by atoms with Gasteiger partial charge in [-0.15, -0.1) is 0 Å². The van der Waals surface area contributed by atoms with Crippen LogP contribution in [0, 0.1) is 0 Å². The summed E-state index contributed by atoms with van der Waals surface area (Å²) in [7, 11) is -3.70. The van der Waals surface area contributed by atoms with Crippen LogP contribution in [0.25, 0.3) is 0 Å². The number of halogens is 1. The molecule has 0 aromatic heterocycles. The molecule has 1 aromatic carbocycles. The second-order valence-corrected chi connectivity index (χ2v) is 11.6. The van der Waals surface area contributed by atoms with E-state index in [9.17, 15) is 13.2 Å². The van der Waals surface area contributed by atoms with Crippen molar-refractivity contribution >= 4 is 27.7 Å². The first-order chi connectivity index (χ1) is 15.4. The number of nitrogens with zero attached hydrogens (tertiary/aromatic N) is 3. The highest BCUT2D eigenvalue weighted by atomic mass is 35.5. The van der Waals surface area contributed by atoms with Gasteiger partial charge in [-0.05, 0) is 76.4 Å². The first kappa shape index (κ1) is 23.8. The van der Waals surface area contributed by atoms with Crippen LogP contribution in [-0.4, -0.2) is 79.5 Å². The number of benzene rings is 1. The van der Waals surface area contributed by atoms with Gasteiger partial charge in [-0.25, -0.2) is 13.2 Å². The fourth-order valence-electron chi connectivity index (χ4n) is 5.33. The standard InChI is InChI=1S/C23H34ClN3O4S/c1-18-6-5-7-21(27(18)32(29,30)22-10-8-19(24)9-11-22)17-31-23(28)26-15-12-20(16-26)25-13-3-2-4-14-25/h8-11,18,20-21H,2-7,12-17H2,1H3/t18-,20?,21-/m1/s1. The number of ether oxygens (including phenoxy) is 1. The van der Waals surface area contributed by atoms with Crippen molar-refractivity contribution in [3.05, 3.63) is 29.3 Å². The van der Waals surface area contributed by atoms with E-state index in [1.165, 1.54) is 35.7 Å². The average Bonchev–Trinajstić information content (AvgIpc) is 3.29. The molecule has 0 bridgehead atoms. The number of hydrogen-bond donors (Lipinski definition) is 0. The van der Waals surface area contributed by atoms with Crippen LogP contribution in [0.3, 0.4) is 0 Å². The van der Waals surface area contributed by atoms with Gasteiger partial charge in [0.2, 0.25) is 10.0 Å². The molecule has 3 aliphatic rings. The van der Waals surface area contributed by atoms with Gasteiger partial charge in [0.1, 0.15) is 6.61 Å². The van der Waals surface area contributed by atoms with Crippen molar-refractivity contribution in [2.75, 3.05) is 32.8 Å². The van der Waals surface area contributed by atoms with E-state index < -0.39 is 10.0 Å². The van der Waals surface area contributed by atoms with E-state index in [0.717, 1.165) is 32.4 Å². The molecule has 9 heteroatoms. The summed E-state index contributed by atoms with van der Waals surface area (Å²) in [6.07, 6.45) is 6.80. The van der Waals surface area contributed by atoms with Crippen LogP contribution in [0.2, 0.25) is 5.02 Å². The van der Waals surface area contributed by atoms with Crippen LogP contribution in [0.15, 0.2) is 29.2 Å². The quantitative estimate of drug-likeness (QED) is 0.633. The summed E-state index contributed by atoms with van der Waals surface area (Å²) in [6, 6.07) is 6.15. The Hall–Kier alpha value is -1.35. The number of carbonyl (C=O) groups is 1. The highest BCUT2D eigenvalue weighted by Crippen LogP contribution is 2.31. The van der Waals surface area contributed by atoms with Crippen molar-refractivity contribution in [3.63, 3.8) is 0 Å². The summed E-state index contributed by atoms with van der Waals surface area (Å²) < 4.78 is 33.9. The molecular formula is C23H34ClN3O4S. The Morgan fingerprint density at radius 2 is 1.75 bits per heavy atom. The van der Waals surface area contributed by atoms with E-state index in [0.29, 0.717) is 30.6 Å². The van der Waals surface area contributed by atoms with Gasteiger partial charge in [0.05, 0.1) is 10.9 Å². The largest absolute Gasteiger partial charge is 0.448 e. The van der Waals surface area contributed by atoms with Crippen molar-refractivity contribution < 1.29 is 17.9 Å². The second-order valence-electron chi connectivity index (χ2n) is 9.28. The molecule has 1 aromatic rings. The number of piperidine rings is 2. The van der Waals surface area contributed by atoms with Crippen LogP contribution in [0.5, 0.6) is 0 Å². The van der Waals surface area contributed by atoms with E-state index in [4.69, 9.17) is 16.3 Å². The molecule has 3 saturated heterocycles. The number of carbonyl (C=O) groups excluding carboxylic acids is 1. The Morgan fingerprint density at radius 1 is 1.03 bits per heavy atom. The summed E-state index contributed by atoms with van der Waals surface area (Å²) in [4.78, 5) is 17.3. The average molecular weight is 484 g/mol. The molecule has 0 aliphatic carbocycles. The SMILES string of the molecule is C[C@@H]1CCC[C@H](COC(=O)N2CCC(N3CCCCC3)C2)N1S(=O)(=O)c1ccc(Cl)cc1. The fraction of sp³-hybridized carbons (Fsp3) is 0.696. The number of sulfonamides is 1. The third-order valence-corrected chi connectivity index (χ3v) is 9.40. The predicted octanol–water partition coefficient (Wildman–Crippen LogP) is 3.97. The highest BCUT2D eigenvalue weighted by molar-refractivity contribution is 7.89. The first-order valence-electron chi connectivity index (χ1n) is 11.8. The Kier molecular flexibility index (Phi) is 7.65. The molecule has 4 rings (SSSR count). The Morgan fingerprint density at radius 3 is 2.47 bits per heavy atom.